The molecule has 0 unspecified atom stereocenters. The predicted octanol–water partition coefficient (Wildman–Crippen LogP) is 3.87. The average Bonchev–Trinajstić information content (AvgIpc) is 3.10. The molecule has 1 N–H and O–H groups in total. The van der Waals surface area contributed by atoms with Crippen molar-refractivity contribution < 1.29 is 9.53 Å². The molecule has 2 heterocycles. The number of nitrogens with one attached hydrogen (secondary N) is 1. The monoisotopic (exact) mass is 361 g/mol. The highest BCUT2D eigenvalue weighted by atomic mass is 16.5. The van der Waals surface area contributed by atoms with Crippen molar-refractivity contribution in [2.45, 2.75) is 25.8 Å². The lowest BCUT2D eigenvalue weighted by atomic mass is 10.0. The molecule has 1 aromatic heterocycles. The molecule has 0 saturated carbocycles. The molecule has 1 saturated heterocycles. The zero-order valence-corrected chi connectivity index (χ0v) is 15.4. The molecule has 5 nitrogen and oxygen atoms in total. The van der Waals surface area contributed by atoms with Crippen LogP contribution in [0.5, 0.6) is 0 Å². The van der Waals surface area contributed by atoms with Gasteiger partial charge < -0.3 is 10.1 Å². The first-order valence-electron chi connectivity index (χ1n) is 9.32. The van der Waals surface area contributed by atoms with E-state index in [-0.39, 0.29) is 5.91 Å². The summed E-state index contributed by atoms with van der Waals surface area (Å²) in [5.41, 5.74) is 5.25. The van der Waals surface area contributed by atoms with Gasteiger partial charge in [0.25, 0.3) is 0 Å². The van der Waals surface area contributed by atoms with Crippen LogP contribution in [0.4, 0.5) is 5.69 Å². The van der Waals surface area contributed by atoms with Crippen molar-refractivity contribution in [3.63, 3.8) is 0 Å². The van der Waals surface area contributed by atoms with Crippen molar-refractivity contribution in [3.05, 3.63) is 72.1 Å². The van der Waals surface area contributed by atoms with Crippen LogP contribution in [0, 0.1) is 0 Å². The van der Waals surface area contributed by atoms with Crippen LogP contribution in [0.25, 0.3) is 11.1 Å². The van der Waals surface area contributed by atoms with Gasteiger partial charge in [-0.2, -0.15) is 5.10 Å². The second-order valence-corrected chi connectivity index (χ2v) is 6.82. The molecule has 0 atom stereocenters. The van der Waals surface area contributed by atoms with Crippen LogP contribution in [0.2, 0.25) is 0 Å². The van der Waals surface area contributed by atoms with Crippen molar-refractivity contribution in [1.29, 1.82) is 0 Å². The quantitative estimate of drug-likeness (QED) is 0.725. The van der Waals surface area contributed by atoms with Gasteiger partial charge in [0.1, 0.15) is 0 Å². The van der Waals surface area contributed by atoms with Gasteiger partial charge in [-0.15, -0.1) is 0 Å². The molecule has 5 heteroatoms. The molecule has 4 rings (SSSR count). The van der Waals surface area contributed by atoms with Gasteiger partial charge >= 0.3 is 0 Å². The van der Waals surface area contributed by atoms with E-state index >= 15 is 0 Å². The van der Waals surface area contributed by atoms with E-state index in [4.69, 9.17) is 4.74 Å². The standard InChI is InChI=1S/C22H23N3O2/c1-2-16-5-3-4-6-18(16)11-22(26)24-20-9-7-17(8-10-20)19-12-23-25(13-19)21-14-27-15-21/h3-10,12-13,21H,2,11,14-15H2,1H3,(H,24,26). The van der Waals surface area contributed by atoms with E-state index in [0.717, 1.165) is 42.0 Å². The van der Waals surface area contributed by atoms with Crippen LogP contribution in [0.1, 0.15) is 24.1 Å². The van der Waals surface area contributed by atoms with E-state index in [2.05, 4.69) is 23.4 Å². The lowest BCUT2D eigenvalue weighted by Gasteiger charge is -2.25. The maximum absolute atomic E-state index is 12.4. The third-order valence-corrected chi connectivity index (χ3v) is 4.95. The topological polar surface area (TPSA) is 56.2 Å². The van der Waals surface area contributed by atoms with Gasteiger partial charge in [0.05, 0.1) is 31.9 Å². The van der Waals surface area contributed by atoms with Gasteiger partial charge in [-0.25, -0.2) is 0 Å². The fourth-order valence-electron chi connectivity index (χ4n) is 3.26. The third-order valence-electron chi connectivity index (χ3n) is 4.95. The van der Waals surface area contributed by atoms with Crippen LogP contribution in [0.15, 0.2) is 60.9 Å². The zero-order chi connectivity index (χ0) is 18.6. The number of nitrogens with zero attached hydrogens (tertiary/aromatic N) is 2. The van der Waals surface area contributed by atoms with Crippen LogP contribution in [0.3, 0.4) is 0 Å². The van der Waals surface area contributed by atoms with Crippen LogP contribution in [-0.2, 0) is 22.4 Å². The fraction of sp³-hybridized carbons (Fsp3) is 0.273. The first-order chi connectivity index (χ1) is 13.2. The first kappa shape index (κ1) is 17.5. The molecule has 1 aliphatic rings. The van der Waals surface area contributed by atoms with E-state index in [1.165, 1.54) is 5.56 Å². The number of rotatable bonds is 6. The Morgan fingerprint density at radius 1 is 1.11 bits per heavy atom. The number of anilines is 1. The van der Waals surface area contributed by atoms with E-state index in [1.807, 2.05) is 59.5 Å². The van der Waals surface area contributed by atoms with E-state index in [1.54, 1.807) is 0 Å². The maximum atomic E-state index is 12.4. The molecule has 27 heavy (non-hydrogen) atoms. The highest BCUT2D eigenvalue weighted by Crippen LogP contribution is 2.24. The van der Waals surface area contributed by atoms with Gasteiger partial charge in [-0.05, 0) is 35.2 Å². The number of aromatic nitrogens is 2. The van der Waals surface area contributed by atoms with Crippen molar-refractivity contribution >= 4 is 11.6 Å². The molecule has 1 amide bonds. The highest BCUT2D eigenvalue weighted by molar-refractivity contribution is 5.92. The summed E-state index contributed by atoms with van der Waals surface area (Å²) < 4.78 is 7.17. The number of carbonyl (C=O) groups is 1. The summed E-state index contributed by atoms with van der Waals surface area (Å²) in [6.07, 6.45) is 5.23. The van der Waals surface area contributed by atoms with E-state index in [9.17, 15) is 4.79 Å². The van der Waals surface area contributed by atoms with Gasteiger partial charge in [0, 0.05) is 17.4 Å². The molecule has 2 aromatic carbocycles. The number of amides is 1. The SMILES string of the molecule is CCc1ccccc1CC(=O)Nc1ccc(-c2cnn(C3COC3)c2)cc1. The normalized spacial score (nSPS) is 14.0. The Balaban J connectivity index is 1.40. The zero-order valence-electron chi connectivity index (χ0n) is 15.4. The first-order valence-corrected chi connectivity index (χ1v) is 9.32. The lowest BCUT2D eigenvalue weighted by Crippen LogP contribution is -2.30. The van der Waals surface area contributed by atoms with Crippen LogP contribution < -0.4 is 5.32 Å². The van der Waals surface area contributed by atoms with E-state index < -0.39 is 0 Å². The summed E-state index contributed by atoms with van der Waals surface area (Å²) in [4.78, 5) is 12.4. The Morgan fingerprint density at radius 2 is 1.85 bits per heavy atom. The summed E-state index contributed by atoms with van der Waals surface area (Å²) in [6.45, 7) is 3.57. The largest absolute Gasteiger partial charge is 0.377 e. The number of aryl methyl sites for hydroxylation is 1. The van der Waals surface area contributed by atoms with Crippen molar-refractivity contribution in [2.75, 3.05) is 18.5 Å². The Kier molecular flexibility index (Phi) is 5.03. The van der Waals surface area contributed by atoms with Crippen LogP contribution in [-0.4, -0.2) is 28.9 Å². The minimum Gasteiger partial charge on any atom is -0.377 e. The summed E-state index contributed by atoms with van der Waals surface area (Å²) in [6, 6.07) is 16.3. The van der Waals surface area contributed by atoms with Gasteiger partial charge in [0.15, 0.2) is 0 Å². The van der Waals surface area contributed by atoms with Crippen molar-refractivity contribution in [3.8, 4) is 11.1 Å². The molecular weight excluding hydrogens is 338 g/mol. The molecule has 1 aliphatic heterocycles. The Morgan fingerprint density at radius 3 is 2.52 bits per heavy atom. The number of benzene rings is 2. The maximum Gasteiger partial charge on any atom is 0.228 e. The average molecular weight is 361 g/mol. The molecule has 0 bridgehead atoms. The van der Waals surface area contributed by atoms with Crippen LogP contribution >= 0.6 is 0 Å². The number of ether oxygens (including phenoxy) is 1. The second kappa shape index (κ2) is 7.76. The molecule has 3 aromatic rings. The molecule has 1 fully saturated rings. The Labute approximate surface area is 159 Å². The summed E-state index contributed by atoms with van der Waals surface area (Å²) in [7, 11) is 0. The number of hydrogen-bond donors (Lipinski definition) is 1. The van der Waals surface area contributed by atoms with Gasteiger partial charge in [0.2, 0.25) is 5.91 Å². The molecule has 138 valence electrons. The Bertz CT molecular complexity index is 927. The lowest BCUT2D eigenvalue weighted by molar-refractivity contribution is -0.115. The van der Waals surface area contributed by atoms with Gasteiger partial charge in [-0.1, -0.05) is 43.3 Å². The Hall–Kier alpha value is -2.92. The smallest absolute Gasteiger partial charge is 0.228 e. The molecule has 0 aliphatic carbocycles. The summed E-state index contributed by atoms with van der Waals surface area (Å²) >= 11 is 0. The predicted molar refractivity (Wildman–Crippen MR) is 106 cm³/mol. The summed E-state index contributed by atoms with van der Waals surface area (Å²) in [5.74, 6) is 0.00135. The minimum atomic E-state index is 0.00135. The fourth-order valence-corrected chi connectivity index (χ4v) is 3.26. The summed E-state index contributed by atoms with van der Waals surface area (Å²) in [5, 5.41) is 7.40. The minimum absolute atomic E-state index is 0.00135. The number of carbonyl (C=O) groups excluding carboxylic acids is 1. The highest BCUT2D eigenvalue weighted by Gasteiger charge is 2.21. The number of hydrogen-bond acceptors (Lipinski definition) is 3. The van der Waals surface area contributed by atoms with Gasteiger partial charge in [-0.3, -0.25) is 9.48 Å². The second-order valence-electron chi connectivity index (χ2n) is 6.82. The van der Waals surface area contributed by atoms with Crippen molar-refractivity contribution in [1.82, 2.24) is 9.78 Å². The molecule has 0 radical (unpaired) electrons. The molecular formula is C22H23N3O2. The van der Waals surface area contributed by atoms with Crippen molar-refractivity contribution in [2.24, 2.45) is 0 Å². The third kappa shape index (κ3) is 3.93. The van der Waals surface area contributed by atoms with E-state index in [0.29, 0.717) is 12.5 Å². The molecule has 0 spiro atoms.